The molecule has 0 radical (unpaired) electrons. The number of halogens is 2. The van der Waals surface area contributed by atoms with Crippen LogP contribution in [0.5, 0.6) is 0 Å². The standard InChI is InChI=1S/C31H33Cl2N3O4/c1-18-11-12-21(17-23(18)33)35-28(37)25-24-13-15-31(40-24)26(25)30(39)36(16-14-19-7-5-6-10-22(19)32)27(31)29(38)34-20-8-3-2-4-9-20/h5-7,10-13,15,17,20,24-27H,2-4,8-9,14,16H2,1H3,(H,34,38)(H,35,37)/t24-,25?,26-,27?,31?/m0/s1. The minimum atomic E-state index is -1.20. The molecule has 2 aromatic rings. The average Bonchev–Trinajstić information content (AvgIpc) is 3.58. The molecule has 4 aliphatic rings. The number of anilines is 1. The van der Waals surface area contributed by atoms with Gasteiger partial charge in [-0.25, -0.2) is 0 Å². The quantitative estimate of drug-likeness (QED) is 0.446. The molecule has 6 rings (SSSR count). The fourth-order valence-electron chi connectivity index (χ4n) is 6.87. The summed E-state index contributed by atoms with van der Waals surface area (Å²) in [6.07, 6.45) is 8.71. The van der Waals surface area contributed by atoms with Crippen molar-refractivity contribution in [3.63, 3.8) is 0 Å². The molecule has 1 aliphatic carbocycles. The predicted octanol–water partition coefficient (Wildman–Crippen LogP) is 5.08. The minimum Gasteiger partial charge on any atom is -0.359 e. The van der Waals surface area contributed by atoms with E-state index in [1.165, 1.54) is 6.42 Å². The lowest BCUT2D eigenvalue weighted by Gasteiger charge is -2.34. The number of fused-ring (bicyclic) bond motifs is 1. The molecule has 2 N–H and O–H groups in total. The van der Waals surface area contributed by atoms with Gasteiger partial charge in [-0.05, 0) is 55.5 Å². The number of hydrogen-bond donors (Lipinski definition) is 2. The van der Waals surface area contributed by atoms with Crippen molar-refractivity contribution in [2.24, 2.45) is 11.8 Å². The van der Waals surface area contributed by atoms with Gasteiger partial charge in [-0.2, -0.15) is 0 Å². The van der Waals surface area contributed by atoms with E-state index in [-0.39, 0.29) is 30.3 Å². The molecule has 3 unspecified atom stereocenters. The molecule has 3 amide bonds. The lowest BCUT2D eigenvalue weighted by molar-refractivity contribution is -0.141. The molecule has 3 fully saturated rings. The Morgan fingerprint density at radius 2 is 1.82 bits per heavy atom. The van der Waals surface area contributed by atoms with Crippen LogP contribution in [0.15, 0.2) is 54.6 Å². The molecule has 2 saturated heterocycles. The van der Waals surface area contributed by atoms with E-state index in [0.29, 0.717) is 22.2 Å². The highest BCUT2D eigenvalue weighted by Crippen LogP contribution is 2.55. The van der Waals surface area contributed by atoms with E-state index >= 15 is 0 Å². The van der Waals surface area contributed by atoms with Gasteiger partial charge in [-0.3, -0.25) is 14.4 Å². The third kappa shape index (κ3) is 4.72. The van der Waals surface area contributed by atoms with Crippen molar-refractivity contribution in [1.29, 1.82) is 0 Å². The Labute approximate surface area is 244 Å². The molecule has 210 valence electrons. The van der Waals surface area contributed by atoms with Crippen molar-refractivity contribution in [2.45, 2.75) is 69.2 Å². The zero-order chi connectivity index (χ0) is 28.0. The monoisotopic (exact) mass is 581 g/mol. The van der Waals surface area contributed by atoms with E-state index in [4.69, 9.17) is 27.9 Å². The highest BCUT2D eigenvalue weighted by atomic mass is 35.5. The normalized spacial score (nSPS) is 29.1. The summed E-state index contributed by atoms with van der Waals surface area (Å²) >= 11 is 12.7. The second-order valence-electron chi connectivity index (χ2n) is 11.4. The summed E-state index contributed by atoms with van der Waals surface area (Å²) in [4.78, 5) is 43.4. The van der Waals surface area contributed by atoms with Crippen LogP contribution >= 0.6 is 23.2 Å². The fraction of sp³-hybridized carbons (Fsp3) is 0.452. The first-order valence-corrected chi connectivity index (χ1v) is 14.8. The van der Waals surface area contributed by atoms with Crippen LogP contribution in [0.4, 0.5) is 5.69 Å². The van der Waals surface area contributed by atoms with Gasteiger partial charge < -0.3 is 20.3 Å². The first-order chi connectivity index (χ1) is 19.3. The van der Waals surface area contributed by atoms with Gasteiger partial charge >= 0.3 is 0 Å². The van der Waals surface area contributed by atoms with E-state index < -0.39 is 29.6 Å². The van der Waals surface area contributed by atoms with E-state index in [9.17, 15) is 14.4 Å². The van der Waals surface area contributed by atoms with Crippen LogP contribution in [-0.2, 0) is 25.5 Å². The van der Waals surface area contributed by atoms with E-state index in [2.05, 4.69) is 10.6 Å². The van der Waals surface area contributed by atoms with Crippen LogP contribution in [0.3, 0.4) is 0 Å². The van der Waals surface area contributed by atoms with Crippen molar-refractivity contribution in [3.8, 4) is 0 Å². The van der Waals surface area contributed by atoms with Gasteiger partial charge in [0.1, 0.15) is 11.6 Å². The average molecular weight is 583 g/mol. The molecule has 7 nitrogen and oxygen atoms in total. The SMILES string of the molecule is Cc1ccc(NC(=O)C2[C@@H]3C=CC4(O3)C(C(=O)NC3CCCCC3)N(CCc3ccccc3Cl)C(=O)[C@H]24)cc1Cl. The van der Waals surface area contributed by atoms with Crippen LogP contribution in [0.25, 0.3) is 0 Å². The maximum Gasteiger partial charge on any atom is 0.246 e. The van der Waals surface area contributed by atoms with Gasteiger partial charge in [0.25, 0.3) is 0 Å². The summed E-state index contributed by atoms with van der Waals surface area (Å²) in [5, 5.41) is 7.30. The Balaban J connectivity index is 1.30. The number of amides is 3. The maximum atomic E-state index is 14.1. The van der Waals surface area contributed by atoms with Crippen molar-refractivity contribution in [3.05, 3.63) is 75.8 Å². The van der Waals surface area contributed by atoms with Gasteiger partial charge in [0.05, 0.1) is 17.9 Å². The number of carbonyl (C=O) groups is 3. The number of nitrogens with one attached hydrogen (secondary N) is 2. The molecule has 9 heteroatoms. The zero-order valence-corrected chi connectivity index (χ0v) is 23.9. The lowest BCUT2D eigenvalue weighted by atomic mass is 9.74. The van der Waals surface area contributed by atoms with Gasteiger partial charge in [0.2, 0.25) is 17.7 Å². The molecule has 3 aliphatic heterocycles. The number of benzene rings is 2. The molecular formula is C31H33Cl2N3O4. The van der Waals surface area contributed by atoms with E-state index in [0.717, 1.165) is 36.8 Å². The summed E-state index contributed by atoms with van der Waals surface area (Å²) in [6.45, 7) is 2.17. The van der Waals surface area contributed by atoms with Gasteiger partial charge in [0, 0.05) is 28.3 Å². The first-order valence-electron chi connectivity index (χ1n) is 14.1. The number of nitrogens with zero attached hydrogens (tertiary/aromatic N) is 1. The van der Waals surface area contributed by atoms with Crippen LogP contribution in [0, 0.1) is 18.8 Å². The van der Waals surface area contributed by atoms with E-state index in [1.807, 2.05) is 49.4 Å². The third-order valence-electron chi connectivity index (χ3n) is 8.90. The summed E-state index contributed by atoms with van der Waals surface area (Å²) in [5.74, 6) is -2.37. The molecule has 40 heavy (non-hydrogen) atoms. The Kier molecular flexibility index (Phi) is 7.40. The number of likely N-dealkylation sites (tertiary alicyclic amines) is 1. The van der Waals surface area contributed by atoms with Gasteiger partial charge in [-0.15, -0.1) is 0 Å². The van der Waals surface area contributed by atoms with Crippen LogP contribution in [0.1, 0.15) is 43.2 Å². The number of aryl methyl sites for hydroxylation is 1. The predicted molar refractivity (Wildman–Crippen MR) is 154 cm³/mol. The van der Waals surface area contributed by atoms with Crippen LogP contribution in [0.2, 0.25) is 10.0 Å². The van der Waals surface area contributed by atoms with E-state index in [1.54, 1.807) is 17.0 Å². The van der Waals surface area contributed by atoms with Crippen molar-refractivity contribution in [1.82, 2.24) is 10.2 Å². The second-order valence-corrected chi connectivity index (χ2v) is 12.2. The minimum absolute atomic E-state index is 0.0742. The largest absolute Gasteiger partial charge is 0.359 e. The third-order valence-corrected chi connectivity index (χ3v) is 9.67. The highest BCUT2D eigenvalue weighted by Gasteiger charge is 2.72. The molecule has 5 atom stereocenters. The Morgan fingerprint density at radius 1 is 1.05 bits per heavy atom. The summed E-state index contributed by atoms with van der Waals surface area (Å²) in [6, 6.07) is 12.0. The van der Waals surface area contributed by atoms with Crippen LogP contribution in [-0.4, -0.2) is 53.0 Å². The second kappa shape index (κ2) is 10.8. The fourth-order valence-corrected chi connectivity index (χ4v) is 7.28. The Bertz CT molecular complexity index is 1370. The Hall–Kier alpha value is -2.87. The van der Waals surface area contributed by atoms with Gasteiger partial charge in [-0.1, -0.05) is 78.9 Å². The molecule has 2 aromatic carbocycles. The molecule has 1 saturated carbocycles. The summed E-state index contributed by atoms with van der Waals surface area (Å²) in [7, 11) is 0. The summed E-state index contributed by atoms with van der Waals surface area (Å²) in [5.41, 5.74) is 1.14. The van der Waals surface area contributed by atoms with Crippen molar-refractivity contribution in [2.75, 3.05) is 11.9 Å². The molecule has 1 spiro atoms. The maximum absolute atomic E-state index is 14.1. The highest BCUT2D eigenvalue weighted by molar-refractivity contribution is 6.31. The molecule has 2 bridgehead atoms. The van der Waals surface area contributed by atoms with Gasteiger partial charge in [0.15, 0.2) is 0 Å². The van der Waals surface area contributed by atoms with Crippen molar-refractivity contribution < 1.29 is 19.1 Å². The summed E-state index contributed by atoms with van der Waals surface area (Å²) < 4.78 is 6.45. The molecule has 0 aromatic heterocycles. The number of carbonyl (C=O) groups excluding carboxylic acids is 3. The number of rotatable bonds is 7. The lowest BCUT2D eigenvalue weighted by Crippen LogP contribution is -2.56. The van der Waals surface area contributed by atoms with Crippen LogP contribution < -0.4 is 10.6 Å². The smallest absolute Gasteiger partial charge is 0.246 e. The van der Waals surface area contributed by atoms with Crippen molar-refractivity contribution >= 4 is 46.6 Å². The Morgan fingerprint density at radius 3 is 2.58 bits per heavy atom. The molecule has 3 heterocycles. The zero-order valence-electron chi connectivity index (χ0n) is 22.4. The molecular weight excluding hydrogens is 549 g/mol. The first kappa shape index (κ1) is 27.3. The number of hydrogen-bond acceptors (Lipinski definition) is 4. The topological polar surface area (TPSA) is 87.7 Å². The number of ether oxygens (including phenoxy) is 1.